The van der Waals surface area contributed by atoms with Crippen LogP contribution in [0.5, 0.6) is 0 Å². The minimum Gasteiger partial charge on any atom is -0.275 e. The summed E-state index contributed by atoms with van der Waals surface area (Å²) >= 11 is 10.8. The molecule has 74 valence electrons. The Balaban J connectivity index is 3.52. The van der Waals surface area contributed by atoms with Crippen LogP contribution < -0.4 is 0 Å². The molecule has 0 atom stereocenters. The molecule has 1 aromatic carbocycles. The number of benzene rings is 1. The molecule has 1 rings (SSSR count). The van der Waals surface area contributed by atoms with Gasteiger partial charge in [-0.05, 0) is 30.2 Å². The van der Waals surface area contributed by atoms with E-state index >= 15 is 0 Å². The first-order chi connectivity index (χ1) is 6.43. The van der Waals surface area contributed by atoms with Gasteiger partial charge in [0.25, 0.3) is 10.9 Å². The quantitative estimate of drug-likeness (QED) is 0.449. The predicted octanol–water partition coefficient (Wildman–Crippen LogP) is 2.94. The number of rotatable bonds is 2. The average molecular weight is 234 g/mol. The van der Waals surface area contributed by atoms with Gasteiger partial charge in [0.2, 0.25) is 0 Å². The predicted molar refractivity (Wildman–Crippen MR) is 53.0 cm³/mol. The maximum absolute atomic E-state index is 10.9. The van der Waals surface area contributed by atoms with Crippen molar-refractivity contribution in [3.63, 3.8) is 0 Å². The van der Waals surface area contributed by atoms with Crippen molar-refractivity contribution < 1.29 is 9.72 Å². The molecule has 0 aliphatic heterocycles. The van der Waals surface area contributed by atoms with Crippen LogP contribution in [0.1, 0.15) is 15.9 Å². The summed E-state index contributed by atoms with van der Waals surface area (Å²) in [6.45, 7) is 1.64. The summed E-state index contributed by atoms with van der Waals surface area (Å²) in [4.78, 5) is 20.8. The molecule has 0 aliphatic carbocycles. The van der Waals surface area contributed by atoms with Gasteiger partial charge in [0.15, 0.2) is 0 Å². The SMILES string of the molecule is Cc1cc(Cl)c(C(=O)Cl)c([N+](=O)[O-])c1. The second kappa shape index (κ2) is 3.94. The van der Waals surface area contributed by atoms with Crippen LogP contribution in [0.4, 0.5) is 5.69 Å². The van der Waals surface area contributed by atoms with Crippen molar-refractivity contribution in [2.75, 3.05) is 0 Å². The Bertz CT molecular complexity index is 417. The summed E-state index contributed by atoms with van der Waals surface area (Å²) < 4.78 is 0. The molecule has 0 bridgehead atoms. The standard InChI is InChI=1S/C8H5Cl2NO3/c1-4-2-5(9)7(8(10)12)6(3-4)11(13)14/h2-3H,1H3. The van der Waals surface area contributed by atoms with Crippen molar-refractivity contribution in [2.24, 2.45) is 0 Å². The molecular weight excluding hydrogens is 229 g/mol. The Morgan fingerprint density at radius 1 is 1.50 bits per heavy atom. The molecule has 0 fully saturated rings. The average Bonchev–Trinajstić information content (AvgIpc) is 2.01. The zero-order valence-corrected chi connectivity index (χ0v) is 8.59. The fraction of sp³-hybridized carbons (Fsp3) is 0.125. The molecule has 0 radical (unpaired) electrons. The van der Waals surface area contributed by atoms with Gasteiger partial charge in [-0.25, -0.2) is 0 Å². The first-order valence-electron chi connectivity index (χ1n) is 3.58. The molecule has 14 heavy (non-hydrogen) atoms. The van der Waals surface area contributed by atoms with Gasteiger partial charge in [-0.1, -0.05) is 11.6 Å². The molecule has 0 spiro atoms. The Kier molecular flexibility index (Phi) is 3.08. The lowest BCUT2D eigenvalue weighted by Gasteiger charge is -2.01. The minimum atomic E-state index is -0.929. The zero-order valence-electron chi connectivity index (χ0n) is 7.08. The van der Waals surface area contributed by atoms with Crippen molar-refractivity contribution in [3.8, 4) is 0 Å². The minimum absolute atomic E-state index is 0.00306. The molecule has 0 saturated heterocycles. The molecule has 0 amide bonds. The summed E-state index contributed by atoms with van der Waals surface area (Å²) in [6, 6.07) is 2.70. The Hall–Kier alpha value is -1.13. The lowest BCUT2D eigenvalue weighted by molar-refractivity contribution is -0.385. The van der Waals surface area contributed by atoms with Gasteiger partial charge in [0, 0.05) is 6.07 Å². The summed E-state index contributed by atoms with van der Waals surface area (Å²) in [6.07, 6.45) is 0. The highest BCUT2D eigenvalue weighted by atomic mass is 35.5. The molecular formula is C8H5Cl2NO3. The number of nitrogens with zero attached hydrogens (tertiary/aromatic N) is 1. The van der Waals surface area contributed by atoms with Gasteiger partial charge in [0.05, 0.1) is 9.95 Å². The highest BCUT2D eigenvalue weighted by molar-refractivity contribution is 6.69. The molecule has 0 aromatic heterocycles. The Labute approximate surface area is 89.6 Å². The van der Waals surface area contributed by atoms with Gasteiger partial charge in [-0.3, -0.25) is 14.9 Å². The number of aryl methyl sites for hydroxylation is 1. The maximum atomic E-state index is 10.9. The highest BCUT2D eigenvalue weighted by Gasteiger charge is 2.22. The maximum Gasteiger partial charge on any atom is 0.283 e. The van der Waals surface area contributed by atoms with Gasteiger partial charge < -0.3 is 0 Å². The van der Waals surface area contributed by atoms with E-state index in [1.54, 1.807) is 6.92 Å². The van der Waals surface area contributed by atoms with Crippen LogP contribution in [-0.2, 0) is 0 Å². The van der Waals surface area contributed by atoms with Crippen molar-refractivity contribution in [2.45, 2.75) is 6.92 Å². The molecule has 0 unspecified atom stereocenters. The van der Waals surface area contributed by atoms with E-state index in [4.69, 9.17) is 23.2 Å². The third-order valence-electron chi connectivity index (χ3n) is 1.61. The number of hydrogen-bond donors (Lipinski definition) is 0. The van der Waals surface area contributed by atoms with E-state index in [-0.39, 0.29) is 16.3 Å². The fourth-order valence-electron chi connectivity index (χ4n) is 1.06. The van der Waals surface area contributed by atoms with Crippen molar-refractivity contribution >= 4 is 34.1 Å². The number of nitro benzene ring substituents is 1. The van der Waals surface area contributed by atoms with E-state index in [0.717, 1.165) is 0 Å². The third-order valence-corrected chi connectivity index (χ3v) is 2.09. The van der Waals surface area contributed by atoms with Crippen LogP contribution in [0.3, 0.4) is 0 Å². The highest BCUT2D eigenvalue weighted by Crippen LogP contribution is 2.29. The second-order valence-electron chi connectivity index (χ2n) is 2.67. The summed E-state index contributed by atoms with van der Waals surface area (Å²) in [7, 11) is 0. The number of halogens is 2. The molecule has 0 aliphatic rings. The van der Waals surface area contributed by atoms with Crippen LogP contribution in [0.25, 0.3) is 0 Å². The molecule has 1 aromatic rings. The Morgan fingerprint density at radius 3 is 2.50 bits per heavy atom. The monoisotopic (exact) mass is 233 g/mol. The molecule has 6 heteroatoms. The first-order valence-corrected chi connectivity index (χ1v) is 4.33. The van der Waals surface area contributed by atoms with Crippen LogP contribution in [0, 0.1) is 17.0 Å². The van der Waals surface area contributed by atoms with Crippen LogP contribution in [-0.4, -0.2) is 10.2 Å². The number of carbonyl (C=O) groups is 1. The van der Waals surface area contributed by atoms with Gasteiger partial charge in [-0.2, -0.15) is 0 Å². The second-order valence-corrected chi connectivity index (χ2v) is 3.42. The fourth-order valence-corrected chi connectivity index (χ4v) is 1.66. The normalized spacial score (nSPS) is 9.93. The largest absolute Gasteiger partial charge is 0.283 e. The summed E-state index contributed by atoms with van der Waals surface area (Å²) in [5.74, 6) is 0. The van der Waals surface area contributed by atoms with Crippen molar-refractivity contribution in [3.05, 3.63) is 38.4 Å². The Morgan fingerprint density at radius 2 is 2.07 bits per heavy atom. The molecule has 0 N–H and O–H groups in total. The lowest BCUT2D eigenvalue weighted by atomic mass is 10.1. The van der Waals surface area contributed by atoms with E-state index < -0.39 is 10.2 Å². The molecule has 0 saturated carbocycles. The van der Waals surface area contributed by atoms with Gasteiger partial charge in [0.1, 0.15) is 5.56 Å². The summed E-state index contributed by atoms with van der Waals surface area (Å²) in [5, 5.41) is 9.63. The van der Waals surface area contributed by atoms with E-state index in [1.165, 1.54) is 12.1 Å². The van der Waals surface area contributed by atoms with Crippen molar-refractivity contribution in [1.82, 2.24) is 0 Å². The topological polar surface area (TPSA) is 60.2 Å². The first kappa shape index (κ1) is 10.9. The van der Waals surface area contributed by atoms with Crippen LogP contribution in [0.2, 0.25) is 5.02 Å². The van der Waals surface area contributed by atoms with Crippen molar-refractivity contribution in [1.29, 1.82) is 0 Å². The van der Waals surface area contributed by atoms with Gasteiger partial charge >= 0.3 is 0 Å². The summed E-state index contributed by atoms with van der Waals surface area (Å²) in [5.41, 5.74) is -0.0256. The number of hydrogen-bond acceptors (Lipinski definition) is 3. The number of carbonyl (C=O) groups excluding carboxylic acids is 1. The third kappa shape index (κ3) is 2.02. The van der Waals surface area contributed by atoms with Gasteiger partial charge in [-0.15, -0.1) is 0 Å². The van der Waals surface area contributed by atoms with E-state index in [2.05, 4.69) is 0 Å². The van der Waals surface area contributed by atoms with Crippen LogP contribution in [0.15, 0.2) is 12.1 Å². The molecule has 4 nitrogen and oxygen atoms in total. The number of nitro groups is 1. The van der Waals surface area contributed by atoms with E-state index in [1.807, 2.05) is 0 Å². The van der Waals surface area contributed by atoms with Crippen LogP contribution >= 0.6 is 23.2 Å². The zero-order chi connectivity index (χ0) is 10.9. The lowest BCUT2D eigenvalue weighted by Crippen LogP contribution is -2.00. The molecule has 0 heterocycles. The van der Waals surface area contributed by atoms with E-state index in [9.17, 15) is 14.9 Å². The smallest absolute Gasteiger partial charge is 0.275 e. The van der Waals surface area contributed by atoms with E-state index in [0.29, 0.717) is 5.56 Å².